The summed E-state index contributed by atoms with van der Waals surface area (Å²) in [6.45, 7) is 3.29. The number of nitro groups is 1. The average molecular weight is 368 g/mol. The Morgan fingerprint density at radius 3 is 2.48 bits per heavy atom. The molecule has 2 aromatic rings. The molecule has 0 saturated carbocycles. The van der Waals surface area contributed by atoms with E-state index in [2.05, 4.69) is 0 Å². The Hall–Kier alpha value is -3.55. The lowest BCUT2D eigenvalue weighted by atomic mass is 10.1. The first-order chi connectivity index (χ1) is 12.8. The molecule has 1 aliphatic rings. The van der Waals surface area contributed by atoms with Crippen molar-refractivity contribution in [3.63, 3.8) is 0 Å². The van der Waals surface area contributed by atoms with E-state index >= 15 is 0 Å². The highest BCUT2D eigenvalue weighted by Crippen LogP contribution is 2.26. The van der Waals surface area contributed by atoms with Crippen LogP contribution < -0.4 is 0 Å². The molecule has 0 radical (unpaired) electrons. The van der Waals surface area contributed by atoms with Crippen LogP contribution in [0, 0.1) is 24.0 Å². The number of esters is 1. The molecule has 0 bridgehead atoms. The number of hydrogen-bond acceptors (Lipinski definition) is 6. The van der Waals surface area contributed by atoms with Crippen LogP contribution in [-0.2, 0) is 16.1 Å². The van der Waals surface area contributed by atoms with E-state index in [-0.39, 0.29) is 23.4 Å². The summed E-state index contributed by atoms with van der Waals surface area (Å²) in [4.78, 5) is 47.7. The summed E-state index contributed by atoms with van der Waals surface area (Å²) < 4.78 is 5.19. The van der Waals surface area contributed by atoms with Crippen LogP contribution in [0.5, 0.6) is 0 Å². The Labute approximate surface area is 154 Å². The summed E-state index contributed by atoms with van der Waals surface area (Å²) in [6.07, 6.45) is 0. The number of rotatable bonds is 5. The predicted molar refractivity (Wildman–Crippen MR) is 94.2 cm³/mol. The number of fused-ring (bicyclic) bond motifs is 1. The van der Waals surface area contributed by atoms with Crippen LogP contribution in [-0.4, -0.2) is 34.2 Å². The minimum atomic E-state index is -0.748. The number of ether oxygens (including phenoxy) is 1. The largest absolute Gasteiger partial charge is 0.459 e. The molecule has 138 valence electrons. The molecule has 1 aliphatic heterocycles. The molecule has 8 heteroatoms. The quantitative estimate of drug-likeness (QED) is 0.347. The van der Waals surface area contributed by atoms with Gasteiger partial charge in [-0.15, -0.1) is 0 Å². The lowest BCUT2D eigenvalue weighted by Crippen LogP contribution is -2.35. The Morgan fingerprint density at radius 2 is 1.78 bits per heavy atom. The minimum absolute atomic E-state index is 0.0288. The first-order valence-corrected chi connectivity index (χ1v) is 8.14. The second-order valence-electron chi connectivity index (χ2n) is 6.27. The third-order valence-electron chi connectivity index (χ3n) is 4.35. The molecule has 3 rings (SSSR count). The second-order valence-corrected chi connectivity index (χ2v) is 6.27. The van der Waals surface area contributed by atoms with Gasteiger partial charge >= 0.3 is 5.97 Å². The summed E-state index contributed by atoms with van der Waals surface area (Å²) in [5, 5.41) is 10.8. The van der Waals surface area contributed by atoms with Gasteiger partial charge in [0.15, 0.2) is 0 Å². The number of non-ortho nitro benzene ring substituents is 1. The Bertz CT molecular complexity index is 982. The summed E-state index contributed by atoms with van der Waals surface area (Å²) >= 11 is 0. The Morgan fingerprint density at radius 1 is 1.07 bits per heavy atom. The smallest absolute Gasteiger partial charge is 0.326 e. The van der Waals surface area contributed by atoms with Crippen molar-refractivity contribution in [3.8, 4) is 0 Å². The molecule has 0 N–H and O–H groups in total. The summed E-state index contributed by atoms with van der Waals surface area (Å²) in [5.74, 6) is -2.16. The van der Waals surface area contributed by atoms with Gasteiger partial charge in [0.25, 0.3) is 17.5 Å². The van der Waals surface area contributed by atoms with E-state index in [1.807, 2.05) is 32.0 Å². The number of imide groups is 1. The highest BCUT2D eigenvalue weighted by molar-refractivity contribution is 6.22. The number of nitro benzene ring substituents is 1. The van der Waals surface area contributed by atoms with Gasteiger partial charge in [0.1, 0.15) is 13.2 Å². The zero-order valence-corrected chi connectivity index (χ0v) is 14.7. The van der Waals surface area contributed by atoms with Crippen molar-refractivity contribution in [3.05, 3.63) is 74.3 Å². The normalized spacial score (nSPS) is 12.9. The molecule has 0 aromatic heterocycles. The summed E-state index contributed by atoms with van der Waals surface area (Å²) in [5.41, 5.74) is 2.47. The molecule has 0 saturated heterocycles. The van der Waals surface area contributed by atoms with Gasteiger partial charge in [-0.25, -0.2) is 0 Å². The molecule has 8 nitrogen and oxygen atoms in total. The van der Waals surface area contributed by atoms with Gasteiger partial charge in [0.05, 0.1) is 16.1 Å². The topological polar surface area (TPSA) is 107 Å². The van der Waals surface area contributed by atoms with Gasteiger partial charge in [0.2, 0.25) is 0 Å². The predicted octanol–water partition coefficient (Wildman–Crippen LogP) is 2.55. The van der Waals surface area contributed by atoms with E-state index in [1.165, 1.54) is 6.07 Å². The summed E-state index contributed by atoms with van der Waals surface area (Å²) in [7, 11) is 0. The average Bonchev–Trinajstić information content (AvgIpc) is 2.87. The third-order valence-corrected chi connectivity index (χ3v) is 4.35. The van der Waals surface area contributed by atoms with E-state index in [1.54, 1.807) is 0 Å². The van der Waals surface area contributed by atoms with Crippen molar-refractivity contribution < 1.29 is 24.0 Å². The molecule has 27 heavy (non-hydrogen) atoms. The van der Waals surface area contributed by atoms with Gasteiger partial charge in [-0.2, -0.15) is 0 Å². The number of nitrogens with zero attached hydrogens (tertiary/aromatic N) is 2. The Balaban J connectivity index is 1.69. The molecular formula is C19H16N2O6. The van der Waals surface area contributed by atoms with E-state index in [0.717, 1.165) is 33.7 Å². The molecule has 2 amide bonds. The molecule has 2 aromatic carbocycles. The second kappa shape index (κ2) is 6.99. The molecule has 0 atom stereocenters. The molecule has 0 aliphatic carbocycles. The fourth-order valence-corrected chi connectivity index (χ4v) is 2.82. The number of benzene rings is 2. The van der Waals surface area contributed by atoms with Crippen LogP contribution in [0.4, 0.5) is 5.69 Å². The van der Waals surface area contributed by atoms with Gasteiger partial charge in [-0.1, -0.05) is 23.8 Å². The van der Waals surface area contributed by atoms with Crippen LogP contribution in [0.15, 0.2) is 36.4 Å². The molecular weight excluding hydrogens is 352 g/mol. The fraction of sp³-hybridized carbons (Fsp3) is 0.211. The maximum Gasteiger partial charge on any atom is 0.326 e. The molecule has 1 heterocycles. The SMILES string of the molecule is Cc1ccc(C)c(COC(=O)CN2C(=O)c3ccc([N+](=O)[O-])cc3C2=O)c1. The maximum absolute atomic E-state index is 12.4. The van der Waals surface area contributed by atoms with E-state index in [9.17, 15) is 24.5 Å². The van der Waals surface area contributed by atoms with E-state index in [0.29, 0.717) is 0 Å². The minimum Gasteiger partial charge on any atom is -0.459 e. The van der Waals surface area contributed by atoms with Crippen molar-refractivity contribution in [2.75, 3.05) is 6.54 Å². The zero-order chi connectivity index (χ0) is 19.7. The van der Waals surface area contributed by atoms with Gasteiger partial charge in [0, 0.05) is 12.1 Å². The number of amides is 2. The first kappa shape index (κ1) is 18.2. The van der Waals surface area contributed by atoms with Crippen LogP contribution in [0.3, 0.4) is 0 Å². The first-order valence-electron chi connectivity index (χ1n) is 8.14. The van der Waals surface area contributed by atoms with Gasteiger partial charge in [-0.3, -0.25) is 29.4 Å². The lowest BCUT2D eigenvalue weighted by molar-refractivity contribution is -0.384. The lowest BCUT2D eigenvalue weighted by Gasteiger charge is -2.14. The van der Waals surface area contributed by atoms with Crippen molar-refractivity contribution >= 4 is 23.5 Å². The van der Waals surface area contributed by atoms with Crippen LogP contribution in [0.25, 0.3) is 0 Å². The molecule has 0 unspecified atom stereocenters. The maximum atomic E-state index is 12.4. The van der Waals surface area contributed by atoms with Crippen LogP contribution >= 0.6 is 0 Å². The van der Waals surface area contributed by atoms with Crippen molar-refractivity contribution in [2.24, 2.45) is 0 Å². The Kier molecular flexibility index (Phi) is 4.72. The van der Waals surface area contributed by atoms with Crippen molar-refractivity contribution in [1.82, 2.24) is 4.90 Å². The number of aryl methyl sites for hydroxylation is 2. The third kappa shape index (κ3) is 3.55. The number of hydrogen-bond donors (Lipinski definition) is 0. The van der Waals surface area contributed by atoms with Gasteiger partial charge in [-0.05, 0) is 31.0 Å². The van der Waals surface area contributed by atoms with E-state index in [4.69, 9.17) is 4.74 Å². The monoisotopic (exact) mass is 368 g/mol. The molecule has 0 spiro atoms. The van der Waals surface area contributed by atoms with Crippen LogP contribution in [0.2, 0.25) is 0 Å². The van der Waals surface area contributed by atoms with E-state index < -0.39 is 29.3 Å². The van der Waals surface area contributed by atoms with Crippen LogP contribution in [0.1, 0.15) is 37.4 Å². The summed E-state index contributed by atoms with van der Waals surface area (Å²) in [6, 6.07) is 9.15. The highest BCUT2D eigenvalue weighted by Gasteiger charge is 2.38. The number of carbonyl (C=O) groups is 3. The van der Waals surface area contributed by atoms with Crippen molar-refractivity contribution in [1.29, 1.82) is 0 Å². The highest BCUT2D eigenvalue weighted by atomic mass is 16.6. The van der Waals surface area contributed by atoms with Crippen molar-refractivity contribution in [2.45, 2.75) is 20.5 Å². The number of carbonyl (C=O) groups excluding carboxylic acids is 3. The van der Waals surface area contributed by atoms with Gasteiger partial charge < -0.3 is 4.74 Å². The fourth-order valence-electron chi connectivity index (χ4n) is 2.82. The zero-order valence-electron chi connectivity index (χ0n) is 14.7. The standard InChI is InChI=1S/C19H16N2O6/c1-11-3-4-12(2)13(7-11)10-27-17(22)9-20-18(23)15-6-5-14(21(25)26)8-16(15)19(20)24/h3-8H,9-10H2,1-2H3. The molecule has 0 fully saturated rings.